The average Bonchev–Trinajstić information content (AvgIpc) is 3.60. The highest BCUT2D eigenvalue weighted by Crippen LogP contribution is 2.46. The van der Waals surface area contributed by atoms with E-state index in [1.165, 1.54) is 24.0 Å². The van der Waals surface area contributed by atoms with E-state index in [2.05, 4.69) is 43.1 Å². The van der Waals surface area contributed by atoms with Crippen LogP contribution >= 0.6 is 0 Å². The van der Waals surface area contributed by atoms with E-state index in [0.29, 0.717) is 6.04 Å². The second kappa shape index (κ2) is 9.22. The number of hydrogen-bond acceptors (Lipinski definition) is 3. The largest absolute Gasteiger partial charge is 0.496 e. The molecule has 1 atom stereocenters. The fourth-order valence-electron chi connectivity index (χ4n) is 4.40. The van der Waals surface area contributed by atoms with E-state index in [1.807, 2.05) is 24.3 Å². The quantitative estimate of drug-likeness (QED) is 0.483. The molecule has 4 rings (SSSR count). The van der Waals surface area contributed by atoms with Gasteiger partial charge in [-0.3, -0.25) is 0 Å². The van der Waals surface area contributed by atoms with Crippen LogP contribution in [-0.4, -0.2) is 24.7 Å². The lowest BCUT2D eigenvalue weighted by atomic mass is 9.70. The summed E-state index contributed by atoms with van der Waals surface area (Å²) in [6.07, 6.45) is 7.66. The maximum absolute atomic E-state index is 10.7. The van der Waals surface area contributed by atoms with E-state index >= 15 is 0 Å². The second-order valence-corrected chi connectivity index (χ2v) is 9.51. The Kier molecular flexibility index (Phi) is 6.39. The summed E-state index contributed by atoms with van der Waals surface area (Å²) in [5, 5.41) is 12.5. The van der Waals surface area contributed by atoms with Crippen molar-refractivity contribution in [3.63, 3.8) is 0 Å². The summed E-state index contributed by atoms with van der Waals surface area (Å²) in [4.78, 5) is 10.7. The van der Waals surface area contributed by atoms with Gasteiger partial charge in [-0.1, -0.05) is 37.8 Å². The van der Waals surface area contributed by atoms with E-state index in [9.17, 15) is 4.79 Å². The summed E-state index contributed by atoms with van der Waals surface area (Å²) in [5.41, 5.74) is 5.37. The van der Waals surface area contributed by atoms with Crippen molar-refractivity contribution in [3.05, 3.63) is 70.3 Å². The van der Waals surface area contributed by atoms with E-state index in [1.54, 1.807) is 13.2 Å². The Labute approximate surface area is 190 Å². The van der Waals surface area contributed by atoms with Crippen molar-refractivity contribution >= 4 is 12.0 Å². The molecule has 0 amide bonds. The molecule has 0 aliphatic heterocycles. The molecule has 2 aliphatic carbocycles. The van der Waals surface area contributed by atoms with Crippen LogP contribution in [0.3, 0.4) is 0 Å². The molecule has 2 N–H and O–H groups in total. The highest BCUT2D eigenvalue weighted by Gasteiger charge is 2.36. The van der Waals surface area contributed by atoms with Crippen LogP contribution in [0.1, 0.15) is 73.4 Å². The monoisotopic (exact) mass is 429 g/mol. The van der Waals surface area contributed by atoms with Crippen molar-refractivity contribution in [2.24, 2.45) is 5.92 Å². The lowest BCUT2D eigenvalue weighted by Gasteiger charge is -2.38. The Bertz CT molecular complexity index is 1080. The van der Waals surface area contributed by atoms with Gasteiger partial charge in [-0.2, -0.15) is 0 Å². The van der Waals surface area contributed by atoms with Gasteiger partial charge in [0.2, 0.25) is 0 Å². The first-order valence-electron chi connectivity index (χ1n) is 11.3. The van der Waals surface area contributed by atoms with Crippen LogP contribution in [0.5, 0.6) is 5.75 Å². The molecule has 1 saturated carbocycles. The molecule has 166 valence electrons. The zero-order valence-electron chi connectivity index (χ0n) is 19.1. The van der Waals surface area contributed by atoms with Gasteiger partial charge in [-0.25, -0.2) is 4.79 Å². The average molecular weight is 430 g/mol. The molecule has 0 spiro atoms. The van der Waals surface area contributed by atoms with Gasteiger partial charge >= 0.3 is 5.97 Å². The zero-order valence-corrected chi connectivity index (χ0v) is 19.1. The van der Waals surface area contributed by atoms with Crippen LogP contribution in [0, 0.1) is 17.8 Å². The molecular weight excluding hydrogens is 398 g/mol. The number of ether oxygens (including phenoxy) is 1. The standard InChI is InChI=1S/C28H31NO3/c1-28(2)15-14-24(29-18-21-9-10-21)27-23(28)16-22(17-25(27)32-3)11-8-19-4-6-20(7-5-19)12-13-26(30)31/h4-7,12-13,16-17,21,24,29H,9-10,14-15,18H2,1-3H3,(H,30,31)/b13-12+. The van der Waals surface area contributed by atoms with E-state index < -0.39 is 5.97 Å². The summed E-state index contributed by atoms with van der Waals surface area (Å²) in [5.74, 6) is 7.35. The molecular formula is C28H31NO3. The topological polar surface area (TPSA) is 58.6 Å². The number of carbonyl (C=O) groups is 1. The van der Waals surface area contributed by atoms with Gasteiger partial charge in [0.05, 0.1) is 7.11 Å². The number of benzene rings is 2. The van der Waals surface area contributed by atoms with Crippen LogP contribution < -0.4 is 10.1 Å². The number of carboxylic acids is 1. The number of hydrogen-bond donors (Lipinski definition) is 2. The third kappa shape index (κ3) is 5.23. The molecule has 0 radical (unpaired) electrons. The predicted molar refractivity (Wildman–Crippen MR) is 128 cm³/mol. The summed E-state index contributed by atoms with van der Waals surface area (Å²) >= 11 is 0. The molecule has 2 aliphatic rings. The zero-order chi connectivity index (χ0) is 22.7. The molecule has 0 saturated heterocycles. The Morgan fingerprint density at radius 2 is 1.88 bits per heavy atom. The van der Waals surface area contributed by atoms with Gasteiger partial charge in [0.15, 0.2) is 0 Å². The minimum Gasteiger partial charge on any atom is -0.496 e. The van der Waals surface area contributed by atoms with Crippen LogP contribution in [0.25, 0.3) is 6.08 Å². The number of methoxy groups -OCH3 is 1. The summed E-state index contributed by atoms with van der Waals surface area (Å²) < 4.78 is 5.85. The molecule has 1 fully saturated rings. The van der Waals surface area contributed by atoms with Crippen LogP contribution in [0.4, 0.5) is 0 Å². The SMILES string of the molecule is COc1cc(C#Cc2ccc(/C=C/C(=O)O)cc2)cc2c1C(NCC1CC1)CCC2(C)C. The van der Waals surface area contributed by atoms with Crippen molar-refractivity contribution in [1.29, 1.82) is 0 Å². The maximum atomic E-state index is 10.7. The highest BCUT2D eigenvalue weighted by molar-refractivity contribution is 5.85. The molecule has 0 aromatic heterocycles. The second-order valence-electron chi connectivity index (χ2n) is 9.51. The van der Waals surface area contributed by atoms with E-state index in [-0.39, 0.29) is 5.41 Å². The van der Waals surface area contributed by atoms with Crippen LogP contribution in [-0.2, 0) is 10.2 Å². The fourth-order valence-corrected chi connectivity index (χ4v) is 4.40. The number of rotatable bonds is 6. The van der Waals surface area contributed by atoms with Gasteiger partial charge in [0.1, 0.15) is 5.75 Å². The van der Waals surface area contributed by atoms with Crippen molar-refractivity contribution in [2.75, 3.05) is 13.7 Å². The lowest BCUT2D eigenvalue weighted by Crippen LogP contribution is -2.34. The Morgan fingerprint density at radius 1 is 1.16 bits per heavy atom. The lowest BCUT2D eigenvalue weighted by molar-refractivity contribution is -0.131. The van der Waals surface area contributed by atoms with Gasteiger partial charge in [0.25, 0.3) is 0 Å². The van der Waals surface area contributed by atoms with Crippen molar-refractivity contribution in [1.82, 2.24) is 5.32 Å². The maximum Gasteiger partial charge on any atom is 0.328 e. The first kappa shape index (κ1) is 22.2. The van der Waals surface area contributed by atoms with Crippen molar-refractivity contribution < 1.29 is 14.6 Å². The Hall–Kier alpha value is -3.03. The van der Waals surface area contributed by atoms with E-state index in [4.69, 9.17) is 9.84 Å². The van der Waals surface area contributed by atoms with Gasteiger partial charge in [-0.05, 0) is 85.0 Å². The van der Waals surface area contributed by atoms with Crippen molar-refractivity contribution in [2.45, 2.75) is 51.0 Å². The summed E-state index contributed by atoms with van der Waals surface area (Å²) in [6, 6.07) is 12.2. The molecule has 2 aromatic carbocycles. The first-order valence-corrected chi connectivity index (χ1v) is 11.3. The highest BCUT2D eigenvalue weighted by atomic mass is 16.5. The number of carboxylic acid groups (broad SMARTS) is 1. The third-order valence-corrected chi connectivity index (χ3v) is 6.53. The number of nitrogens with one attached hydrogen (secondary N) is 1. The normalized spacial score (nSPS) is 19.2. The molecule has 2 aromatic rings. The van der Waals surface area contributed by atoms with Gasteiger partial charge < -0.3 is 15.2 Å². The van der Waals surface area contributed by atoms with E-state index in [0.717, 1.165) is 53.8 Å². The molecule has 1 unspecified atom stereocenters. The van der Waals surface area contributed by atoms with Gasteiger partial charge in [0, 0.05) is 28.8 Å². The van der Waals surface area contributed by atoms with Crippen LogP contribution in [0.15, 0.2) is 42.5 Å². The molecule has 0 bridgehead atoms. The van der Waals surface area contributed by atoms with Crippen molar-refractivity contribution in [3.8, 4) is 17.6 Å². The minimum absolute atomic E-state index is 0.0796. The first-order chi connectivity index (χ1) is 15.4. The smallest absolute Gasteiger partial charge is 0.328 e. The third-order valence-electron chi connectivity index (χ3n) is 6.53. The molecule has 4 nitrogen and oxygen atoms in total. The number of fused-ring (bicyclic) bond motifs is 1. The summed E-state index contributed by atoms with van der Waals surface area (Å²) in [6.45, 7) is 5.71. The number of aliphatic carboxylic acids is 1. The minimum atomic E-state index is -0.955. The van der Waals surface area contributed by atoms with Crippen LogP contribution in [0.2, 0.25) is 0 Å². The Balaban J connectivity index is 1.61. The van der Waals surface area contributed by atoms with Gasteiger partial charge in [-0.15, -0.1) is 0 Å². The molecule has 4 heteroatoms. The predicted octanol–water partition coefficient (Wildman–Crippen LogP) is 5.30. The fraction of sp³-hybridized carbons (Fsp3) is 0.393. The molecule has 32 heavy (non-hydrogen) atoms. The molecule has 0 heterocycles. The summed E-state index contributed by atoms with van der Waals surface area (Å²) in [7, 11) is 1.75. The Morgan fingerprint density at radius 3 is 2.53 bits per heavy atom.